The first-order valence-corrected chi connectivity index (χ1v) is 7.67. The average Bonchev–Trinajstić information content (AvgIpc) is 2.39. The molecule has 1 aromatic rings. The van der Waals surface area contributed by atoms with Crippen molar-refractivity contribution in [2.24, 2.45) is 5.92 Å². The molecule has 1 saturated heterocycles. The number of likely N-dealkylation sites (tertiary alicyclic amines) is 1. The molecule has 1 unspecified atom stereocenters. The highest BCUT2D eigenvalue weighted by atomic mass is 16.4. The molecular formula is C17H23NO2. The fourth-order valence-electron chi connectivity index (χ4n) is 3.72. The Morgan fingerprint density at radius 1 is 1.30 bits per heavy atom. The highest BCUT2D eigenvalue weighted by molar-refractivity contribution is 5.70. The van der Waals surface area contributed by atoms with E-state index in [0.29, 0.717) is 12.0 Å². The third kappa shape index (κ3) is 2.59. The Hall–Kier alpha value is -1.35. The predicted octanol–water partition coefficient (Wildman–Crippen LogP) is 3.04. The number of hydrogen-bond donors (Lipinski definition) is 1. The van der Waals surface area contributed by atoms with Crippen molar-refractivity contribution >= 4 is 5.97 Å². The van der Waals surface area contributed by atoms with E-state index in [9.17, 15) is 4.79 Å². The van der Waals surface area contributed by atoms with Crippen molar-refractivity contribution in [3.8, 4) is 0 Å². The zero-order valence-corrected chi connectivity index (χ0v) is 12.1. The average molecular weight is 273 g/mol. The van der Waals surface area contributed by atoms with Crippen molar-refractivity contribution < 1.29 is 9.90 Å². The minimum atomic E-state index is -0.621. The van der Waals surface area contributed by atoms with Crippen LogP contribution >= 0.6 is 0 Å². The normalized spacial score (nSPS) is 30.8. The van der Waals surface area contributed by atoms with E-state index in [1.54, 1.807) is 0 Å². The quantitative estimate of drug-likeness (QED) is 0.920. The van der Waals surface area contributed by atoms with Gasteiger partial charge in [-0.25, -0.2) is 0 Å². The monoisotopic (exact) mass is 273 g/mol. The van der Waals surface area contributed by atoms with Gasteiger partial charge in [0.25, 0.3) is 0 Å². The summed E-state index contributed by atoms with van der Waals surface area (Å²) in [6.07, 6.45) is 4.26. The molecule has 0 amide bonds. The van der Waals surface area contributed by atoms with E-state index in [-0.39, 0.29) is 5.92 Å². The summed E-state index contributed by atoms with van der Waals surface area (Å²) >= 11 is 0. The van der Waals surface area contributed by atoms with Gasteiger partial charge >= 0.3 is 5.97 Å². The topological polar surface area (TPSA) is 40.5 Å². The number of rotatable bonds is 3. The van der Waals surface area contributed by atoms with Crippen LogP contribution in [0.3, 0.4) is 0 Å². The molecule has 1 aliphatic carbocycles. The summed E-state index contributed by atoms with van der Waals surface area (Å²) in [6.45, 7) is 4.01. The fraction of sp³-hybridized carbons (Fsp3) is 0.588. The van der Waals surface area contributed by atoms with Crippen LogP contribution in [0.5, 0.6) is 0 Å². The van der Waals surface area contributed by atoms with Gasteiger partial charge < -0.3 is 5.11 Å². The Balaban J connectivity index is 1.58. The highest BCUT2D eigenvalue weighted by Gasteiger charge is 2.38. The maximum atomic E-state index is 11.1. The third-order valence-electron chi connectivity index (χ3n) is 5.06. The van der Waals surface area contributed by atoms with Gasteiger partial charge in [-0.1, -0.05) is 24.3 Å². The second-order valence-corrected chi connectivity index (χ2v) is 6.35. The second kappa shape index (κ2) is 5.57. The van der Waals surface area contributed by atoms with Gasteiger partial charge in [-0.15, -0.1) is 0 Å². The molecular weight excluding hydrogens is 250 g/mol. The van der Waals surface area contributed by atoms with Crippen molar-refractivity contribution in [1.29, 1.82) is 0 Å². The van der Waals surface area contributed by atoms with Crippen LogP contribution in [0, 0.1) is 12.8 Å². The molecule has 0 spiro atoms. The Kier molecular flexibility index (Phi) is 3.79. The molecule has 3 heteroatoms. The SMILES string of the molecule is Cc1ccccc1C1CC(N2CCCC(C(=O)O)C2)C1. The molecule has 2 aliphatic rings. The van der Waals surface area contributed by atoms with Gasteiger partial charge in [0.1, 0.15) is 0 Å². The fourth-order valence-corrected chi connectivity index (χ4v) is 3.72. The zero-order valence-electron chi connectivity index (χ0n) is 12.1. The van der Waals surface area contributed by atoms with Crippen molar-refractivity contribution in [2.45, 2.75) is 44.6 Å². The number of aryl methyl sites for hydroxylation is 1. The maximum absolute atomic E-state index is 11.1. The van der Waals surface area contributed by atoms with Gasteiger partial charge in [0.15, 0.2) is 0 Å². The predicted molar refractivity (Wildman–Crippen MR) is 78.9 cm³/mol. The summed E-state index contributed by atoms with van der Waals surface area (Å²) in [5, 5.41) is 9.17. The van der Waals surface area contributed by atoms with Gasteiger partial charge in [-0.05, 0) is 56.2 Å². The first kappa shape index (κ1) is 13.6. The van der Waals surface area contributed by atoms with E-state index < -0.39 is 5.97 Å². The van der Waals surface area contributed by atoms with Crippen LogP contribution in [0.25, 0.3) is 0 Å². The van der Waals surface area contributed by atoms with E-state index in [1.807, 2.05) is 0 Å². The molecule has 1 saturated carbocycles. The molecule has 3 rings (SSSR count). The summed E-state index contributed by atoms with van der Waals surface area (Å²) < 4.78 is 0. The molecule has 1 heterocycles. The Morgan fingerprint density at radius 2 is 2.05 bits per heavy atom. The summed E-state index contributed by atoms with van der Waals surface area (Å²) in [6, 6.07) is 9.24. The number of nitrogens with zero attached hydrogens (tertiary/aromatic N) is 1. The molecule has 1 N–H and O–H groups in total. The van der Waals surface area contributed by atoms with Crippen LogP contribution < -0.4 is 0 Å². The lowest BCUT2D eigenvalue weighted by Crippen LogP contribution is -2.49. The molecule has 2 fully saturated rings. The molecule has 108 valence electrons. The molecule has 1 aliphatic heterocycles. The first-order valence-electron chi connectivity index (χ1n) is 7.67. The van der Waals surface area contributed by atoms with Crippen molar-refractivity contribution in [1.82, 2.24) is 4.90 Å². The van der Waals surface area contributed by atoms with E-state index >= 15 is 0 Å². The summed E-state index contributed by atoms with van der Waals surface area (Å²) in [5.74, 6) is -0.0999. The molecule has 0 aromatic heterocycles. The lowest BCUT2D eigenvalue weighted by atomic mass is 9.73. The van der Waals surface area contributed by atoms with Gasteiger partial charge in [-0.3, -0.25) is 9.69 Å². The third-order valence-corrected chi connectivity index (χ3v) is 5.06. The number of carboxylic acids is 1. The summed E-state index contributed by atoms with van der Waals surface area (Å²) in [4.78, 5) is 13.5. The van der Waals surface area contributed by atoms with E-state index in [1.165, 1.54) is 24.0 Å². The number of piperidine rings is 1. The maximum Gasteiger partial charge on any atom is 0.307 e. The molecule has 20 heavy (non-hydrogen) atoms. The molecule has 0 bridgehead atoms. The second-order valence-electron chi connectivity index (χ2n) is 6.35. The standard InChI is InChI=1S/C17H23NO2/c1-12-5-2-3-7-16(12)14-9-15(10-14)18-8-4-6-13(11-18)17(19)20/h2-3,5,7,13-15H,4,6,8-11H2,1H3,(H,19,20). The summed E-state index contributed by atoms with van der Waals surface area (Å²) in [5.41, 5.74) is 2.87. The minimum absolute atomic E-state index is 0.152. The van der Waals surface area contributed by atoms with Gasteiger partial charge in [0.2, 0.25) is 0 Å². The summed E-state index contributed by atoms with van der Waals surface area (Å²) in [7, 11) is 0. The molecule has 0 radical (unpaired) electrons. The number of hydrogen-bond acceptors (Lipinski definition) is 2. The number of carbonyl (C=O) groups is 1. The first-order chi connectivity index (χ1) is 9.65. The van der Waals surface area contributed by atoms with Crippen LogP contribution in [0.15, 0.2) is 24.3 Å². The van der Waals surface area contributed by atoms with E-state index in [4.69, 9.17) is 5.11 Å². The van der Waals surface area contributed by atoms with E-state index in [2.05, 4.69) is 36.1 Å². The lowest BCUT2D eigenvalue weighted by molar-refractivity contribution is -0.144. The van der Waals surface area contributed by atoms with Gasteiger partial charge in [0.05, 0.1) is 5.92 Å². The largest absolute Gasteiger partial charge is 0.481 e. The van der Waals surface area contributed by atoms with Crippen LogP contribution in [0.1, 0.15) is 42.7 Å². The zero-order chi connectivity index (χ0) is 14.1. The Bertz CT molecular complexity index is 494. The molecule has 1 aromatic carbocycles. The van der Waals surface area contributed by atoms with Crippen molar-refractivity contribution in [3.63, 3.8) is 0 Å². The van der Waals surface area contributed by atoms with Crippen LogP contribution in [0.4, 0.5) is 0 Å². The van der Waals surface area contributed by atoms with Crippen molar-refractivity contribution in [2.75, 3.05) is 13.1 Å². The highest BCUT2D eigenvalue weighted by Crippen LogP contribution is 2.42. The lowest BCUT2D eigenvalue weighted by Gasteiger charge is -2.46. The molecule has 3 nitrogen and oxygen atoms in total. The Labute approximate surface area is 120 Å². The van der Waals surface area contributed by atoms with Crippen molar-refractivity contribution in [3.05, 3.63) is 35.4 Å². The number of carboxylic acid groups (broad SMARTS) is 1. The Morgan fingerprint density at radius 3 is 2.75 bits per heavy atom. The number of benzene rings is 1. The van der Waals surface area contributed by atoms with Crippen LogP contribution in [0.2, 0.25) is 0 Å². The molecule has 1 atom stereocenters. The van der Waals surface area contributed by atoms with E-state index in [0.717, 1.165) is 25.9 Å². The minimum Gasteiger partial charge on any atom is -0.481 e. The van der Waals surface area contributed by atoms with Gasteiger partial charge in [-0.2, -0.15) is 0 Å². The smallest absolute Gasteiger partial charge is 0.307 e. The van der Waals surface area contributed by atoms with Crippen LogP contribution in [-0.2, 0) is 4.79 Å². The van der Waals surface area contributed by atoms with Crippen LogP contribution in [-0.4, -0.2) is 35.1 Å². The van der Waals surface area contributed by atoms with Gasteiger partial charge in [0, 0.05) is 12.6 Å². The number of aliphatic carboxylic acids is 1.